The van der Waals surface area contributed by atoms with Crippen LogP contribution in [-0.4, -0.2) is 23.4 Å². The zero-order chi connectivity index (χ0) is 21.0. The topological polar surface area (TPSA) is 61.4 Å². The van der Waals surface area contributed by atoms with Crippen molar-refractivity contribution >= 4 is 29.1 Å². The van der Waals surface area contributed by atoms with Gasteiger partial charge in [0.25, 0.3) is 11.8 Å². The quantitative estimate of drug-likeness (QED) is 0.761. The van der Waals surface area contributed by atoms with Gasteiger partial charge in [-0.3, -0.25) is 20.0 Å². The number of hydrogen-bond donors (Lipinski definition) is 2. The Morgan fingerprint density at radius 2 is 1.79 bits per heavy atom. The summed E-state index contributed by atoms with van der Waals surface area (Å²) in [5.41, 5.74) is 1.49. The molecule has 9 heteroatoms. The molecule has 0 saturated carbocycles. The normalized spacial score (nSPS) is 13.7. The lowest BCUT2D eigenvalue weighted by atomic mass is 10.1. The van der Waals surface area contributed by atoms with Crippen LogP contribution >= 0.6 is 11.6 Å². The number of alkyl halides is 3. The van der Waals surface area contributed by atoms with E-state index in [1.165, 1.54) is 41.4 Å². The first-order valence-corrected chi connectivity index (χ1v) is 8.81. The van der Waals surface area contributed by atoms with Gasteiger partial charge in [0.05, 0.1) is 22.7 Å². The van der Waals surface area contributed by atoms with Gasteiger partial charge in [0.1, 0.15) is 0 Å². The van der Waals surface area contributed by atoms with Crippen molar-refractivity contribution in [2.75, 3.05) is 11.9 Å². The molecule has 1 heterocycles. The number of nitrogens with one attached hydrogen (secondary N) is 2. The van der Waals surface area contributed by atoms with E-state index in [1.807, 2.05) is 0 Å². The number of anilines is 1. The van der Waals surface area contributed by atoms with Gasteiger partial charge >= 0.3 is 6.18 Å². The fourth-order valence-corrected chi connectivity index (χ4v) is 2.87. The molecule has 2 amide bonds. The molecule has 3 rings (SSSR count). The molecule has 0 atom stereocenters. The Morgan fingerprint density at radius 1 is 1.03 bits per heavy atom. The summed E-state index contributed by atoms with van der Waals surface area (Å²) in [4.78, 5) is 24.8. The molecule has 2 aromatic rings. The molecule has 0 bridgehead atoms. The smallest absolute Gasteiger partial charge is 0.322 e. The van der Waals surface area contributed by atoms with E-state index in [0.29, 0.717) is 11.6 Å². The van der Waals surface area contributed by atoms with Crippen molar-refractivity contribution in [3.05, 3.63) is 88.6 Å². The molecule has 0 unspecified atom stereocenters. The molecule has 150 valence electrons. The van der Waals surface area contributed by atoms with Crippen molar-refractivity contribution in [1.82, 2.24) is 10.4 Å². The van der Waals surface area contributed by atoms with Gasteiger partial charge in [0.15, 0.2) is 0 Å². The Hall–Kier alpha value is -3.26. The zero-order valence-corrected chi connectivity index (χ0v) is 15.6. The number of carbonyl (C=O) groups is 2. The van der Waals surface area contributed by atoms with E-state index in [1.54, 1.807) is 18.4 Å². The first-order chi connectivity index (χ1) is 13.7. The van der Waals surface area contributed by atoms with Crippen molar-refractivity contribution in [1.29, 1.82) is 0 Å². The van der Waals surface area contributed by atoms with Gasteiger partial charge in [-0.2, -0.15) is 13.2 Å². The van der Waals surface area contributed by atoms with E-state index in [0.717, 1.165) is 12.1 Å². The molecule has 0 saturated heterocycles. The number of nitrogens with zero attached hydrogens (tertiary/aromatic N) is 1. The molecule has 0 spiro atoms. The molecule has 1 aliphatic heterocycles. The van der Waals surface area contributed by atoms with Crippen LogP contribution in [0.5, 0.6) is 0 Å². The lowest BCUT2D eigenvalue weighted by Crippen LogP contribution is -2.39. The highest BCUT2D eigenvalue weighted by Gasteiger charge is 2.34. The molecule has 5 nitrogen and oxygen atoms in total. The van der Waals surface area contributed by atoms with Crippen molar-refractivity contribution < 1.29 is 22.8 Å². The number of allylic oxidation sites excluding steroid dienone is 2. The molecular formula is C20H15ClF3N3O2. The molecule has 0 aliphatic carbocycles. The summed E-state index contributed by atoms with van der Waals surface area (Å²) >= 11 is 5.88. The molecule has 2 N–H and O–H groups in total. The number of hydrazine groups is 1. The maximum Gasteiger partial charge on any atom is 0.417 e. The number of carbonyl (C=O) groups excluding carboxylic acids is 2. The van der Waals surface area contributed by atoms with Crippen LogP contribution in [0.1, 0.15) is 26.3 Å². The number of amides is 2. The van der Waals surface area contributed by atoms with Crippen molar-refractivity contribution in [2.45, 2.75) is 6.18 Å². The van der Waals surface area contributed by atoms with Crippen molar-refractivity contribution in [3.63, 3.8) is 0 Å². The van der Waals surface area contributed by atoms with Crippen LogP contribution in [0.3, 0.4) is 0 Å². The summed E-state index contributed by atoms with van der Waals surface area (Å²) in [6.07, 6.45) is 0.336. The SMILES string of the molecule is O=C(NN1C=C(Cl)C=CC1)c1cccc(NC(=O)c2ccccc2C(F)(F)F)c1. The fraction of sp³-hybridized carbons (Fsp3) is 0.100. The van der Waals surface area contributed by atoms with Gasteiger partial charge in [-0.1, -0.05) is 35.9 Å². The predicted molar refractivity (Wildman–Crippen MR) is 103 cm³/mol. The Bertz CT molecular complexity index is 1000. The second-order valence-electron chi connectivity index (χ2n) is 6.09. The minimum Gasteiger partial charge on any atom is -0.322 e. The van der Waals surface area contributed by atoms with Crippen LogP contribution in [0.4, 0.5) is 18.9 Å². The maximum atomic E-state index is 13.1. The lowest BCUT2D eigenvalue weighted by molar-refractivity contribution is -0.137. The summed E-state index contributed by atoms with van der Waals surface area (Å²) in [6, 6.07) is 10.4. The summed E-state index contributed by atoms with van der Waals surface area (Å²) in [5, 5.41) is 4.33. The minimum absolute atomic E-state index is 0.187. The largest absolute Gasteiger partial charge is 0.417 e. The zero-order valence-electron chi connectivity index (χ0n) is 14.8. The first-order valence-electron chi connectivity index (χ1n) is 8.43. The second kappa shape index (κ2) is 8.40. The van der Waals surface area contributed by atoms with Crippen molar-refractivity contribution in [2.24, 2.45) is 0 Å². The number of benzene rings is 2. The highest BCUT2D eigenvalue weighted by Crippen LogP contribution is 2.32. The minimum atomic E-state index is -4.66. The third-order valence-corrected chi connectivity index (χ3v) is 4.19. The van der Waals surface area contributed by atoms with Crippen LogP contribution < -0.4 is 10.7 Å². The number of rotatable bonds is 4. The lowest BCUT2D eigenvalue weighted by Gasteiger charge is -2.22. The van der Waals surface area contributed by atoms with E-state index in [4.69, 9.17) is 11.6 Å². The Morgan fingerprint density at radius 3 is 2.52 bits per heavy atom. The molecule has 0 radical (unpaired) electrons. The van der Waals surface area contributed by atoms with E-state index < -0.39 is 29.1 Å². The molecule has 29 heavy (non-hydrogen) atoms. The van der Waals surface area contributed by atoms with Crippen LogP contribution in [0.2, 0.25) is 0 Å². The Labute approximate surface area is 169 Å². The van der Waals surface area contributed by atoms with Gasteiger partial charge in [-0.15, -0.1) is 0 Å². The highest BCUT2D eigenvalue weighted by molar-refractivity contribution is 6.31. The molecular weight excluding hydrogens is 407 g/mol. The van der Waals surface area contributed by atoms with E-state index in [2.05, 4.69) is 10.7 Å². The molecule has 1 aliphatic rings. The van der Waals surface area contributed by atoms with Crippen LogP contribution in [0.15, 0.2) is 71.9 Å². The van der Waals surface area contributed by atoms with Crippen LogP contribution in [0, 0.1) is 0 Å². The van der Waals surface area contributed by atoms with Gasteiger partial charge in [0.2, 0.25) is 0 Å². The number of halogens is 4. The molecule has 2 aromatic carbocycles. The summed E-state index contributed by atoms with van der Waals surface area (Å²) in [5.74, 6) is -1.39. The van der Waals surface area contributed by atoms with E-state index in [-0.39, 0.29) is 11.3 Å². The Kier molecular flexibility index (Phi) is 5.93. The average Bonchev–Trinajstić information content (AvgIpc) is 2.67. The Balaban J connectivity index is 1.74. The van der Waals surface area contributed by atoms with Gasteiger partial charge in [0, 0.05) is 17.5 Å². The first kappa shape index (κ1) is 20.5. The maximum absolute atomic E-state index is 13.1. The molecule has 0 fully saturated rings. The monoisotopic (exact) mass is 421 g/mol. The van der Waals surface area contributed by atoms with Crippen LogP contribution in [0.25, 0.3) is 0 Å². The fourth-order valence-electron chi connectivity index (χ4n) is 2.66. The van der Waals surface area contributed by atoms with E-state index >= 15 is 0 Å². The van der Waals surface area contributed by atoms with E-state index in [9.17, 15) is 22.8 Å². The number of hydrogen-bond acceptors (Lipinski definition) is 3. The third-order valence-electron chi connectivity index (χ3n) is 3.96. The van der Waals surface area contributed by atoms with Crippen molar-refractivity contribution in [3.8, 4) is 0 Å². The predicted octanol–water partition coefficient (Wildman–Crippen LogP) is 4.55. The highest BCUT2D eigenvalue weighted by atomic mass is 35.5. The standard InChI is InChI=1S/C20H15ClF3N3O2/c21-14-6-4-10-27(12-14)26-18(28)13-5-3-7-15(11-13)25-19(29)16-8-1-2-9-17(16)20(22,23)24/h1-9,11-12H,10H2,(H,25,29)(H,26,28). The summed E-state index contributed by atoms with van der Waals surface area (Å²) < 4.78 is 39.3. The van der Waals surface area contributed by atoms with Gasteiger partial charge in [-0.05, 0) is 36.4 Å². The third kappa shape index (κ3) is 5.17. The van der Waals surface area contributed by atoms with Gasteiger partial charge in [-0.25, -0.2) is 0 Å². The van der Waals surface area contributed by atoms with Gasteiger partial charge < -0.3 is 5.32 Å². The second-order valence-corrected chi connectivity index (χ2v) is 6.52. The van der Waals surface area contributed by atoms with Crippen LogP contribution in [-0.2, 0) is 6.18 Å². The average molecular weight is 422 g/mol. The summed E-state index contributed by atoms with van der Waals surface area (Å²) in [6.45, 7) is 0.423. The molecule has 0 aromatic heterocycles. The summed E-state index contributed by atoms with van der Waals surface area (Å²) in [7, 11) is 0.